The van der Waals surface area contributed by atoms with Crippen molar-refractivity contribution in [3.05, 3.63) is 27.7 Å². The smallest absolute Gasteiger partial charge is 0.257 e. The van der Waals surface area contributed by atoms with Gasteiger partial charge in [0.2, 0.25) is 0 Å². The molecular weight excluding hydrogens is 256 g/mol. The summed E-state index contributed by atoms with van der Waals surface area (Å²) < 4.78 is 25.2. The second-order valence-electron chi connectivity index (χ2n) is 3.02. The SMILES string of the molecule is Cc1cc(Br)cc([C@@H](N)C(F)F)c1O. The third-order valence-electron chi connectivity index (χ3n) is 1.93. The zero-order chi connectivity index (χ0) is 10.9. The van der Waals surface area contributed by atoms with E-state index in [2.05, 4.69) is 15.9 Å². The molecule has 0 bridgehead atoms. The summed E-state index contributed by atoms with van der Waals surface area (Å²) in [5.74, 6) is -0.166. The van der Waals surface area contributed by atoms with E-state index in [9.17, 15) is 13.9 Å². The molecule has 5 heteroatoms. The number of nitrogens with two attached hydrogens (primary N) is 1. The molecule has 0 unspecified atom stereocenters. The lowest BCUT2D eigenvalue weighted by molar-refractivity contribution is 0.115. The highest BCUT2D eigenvalue weighted by molar-refractivity contribution is 9.10. The van der Waals surface area contributed by atoms with E-state index in [0.29, 0.717) is 10.0 Å². The number of alkyl halides is 2. The van der Waals surface area contributed by atoms with Crippen molar-refractivity contribution in [1.29, 1.82) is 0 Å². The highest BCUT2D eigenvalue weighted by Crippen LogP contribution is 2.32. The van der Waals surface area contributed by atoms with Crippen LogP contribution in [0.3, 0.4) is 0 Å². The van der Waals surface area contributed by atoms with Gasteiger partial charge in [-0.1, -0.05) is 15.9 Å². The quantitative estimate of drug-likeness (QED) is 0.864. The van der Waals surface area contributed by atoms with Gasteiger partial charge in [-0.25, -0.2) is 8.78 Å². The second-order valence-corrected chi connectivity index (χ2v) is 3.94. The fourth-order valence-electron chi connectivity index (χ4n) is 1.15. The minimum atomic E-state index is -2.69. The number of aryl methyl sites for hydroxylation is 1. The zero-order valence-corrected chi connectivity index (χ0v) is 9.05. The minimum Gasteiger partial charge on any atom is -0.507 e. The van der Waals surface area contributed by atoms with Crippen LogP contribution in [-0.4, -0.2) is 11.5 Å². The van der Waals surface area contributed by atoms with Crippen molar-refractivity contribution < 1.29 is 13.9 Å². The van der Waals surface area contributed by atoms with Gasteiger partial charge in [0.25, 0.3) is 6.43 Å². The van der Waals surface area contributed by atoms with Crippen LogP contribution in [0.25, 0.3) is 0 Å². The van der Waals surface area contributed by atoms with Crippen LogP contribution in [0.1, 0.15) is 17.2 Å². The maximum Gasteiger partial charge on any atom is 0.257 e. The number of benzene rings is 1. The third kappa shape index (κ3) is 2.22. The summed E-state index contributed by atoms with van der Waals surface area (Å²) in [5.41, 5.74) is 5.83. The first-order chi connectivity index (χ1) is 6.43. The van der Waals surface area contributed by atoms with Gasteiger partial charge in [0.15, 0.2) is 0 Å². The van der Waals surface area contributed by atoms with Crippen LogP contribution in [0.5, 0.6) is 5.75 Å². The van der Waals surface area contributed by atoms with Crippen molar-refractivity contribution in [3.8, 4) is 5.75 Å². The van der Waals surface area contributed by atoms with Gasteiger partial charge in [-0.3, -0.25) is 0 Å². The molecule has 0 heterocycles. The monoisotopic (exact) mass is 265 g/mol. The number of hydrogen-bond donors (Lipinski definition) is 2. The molecule has 0 radical (unpaired) electrons. The van der Waals surface area contributed by atoms with E-state index in [-0.39, 0.29) is 11.3 Å². The summed E-state index contributed by atoms with van der Waals surface area (Å²) in [6.07, 6.45) is -2.69. The zero-order valence-electron chi connectivity index (χ0n) is 7.47. The van der Waals surface area contributed by atoms with E-state index in [1.807, 2.05) is 0 Å². The Kier molecular flexibility index (Phi) is 3.44. The lowest BCUT2D eigenvalue weighted by Gasteiger charge is -2.14. The fraction of sp³-hybridized carbons (Fsp3) is 0.333. The molecule has 1 atom stereocenters. The number of halogens is 3. The Balaban J connectivity index is 3.20. The molecule has 0 fully saturated rings. The van der Waals surface area contributed by atoms with Crippen LogP contribution in [0.2, 0.25) is 0 Å². The summed E-state index contributed by atoms with van der Waals surface area (Å²) in [6.45, 7) is 1.63. The van der Waals surface area contributed by atoms with E-state index in [0.717, 1.165) is 0 Å². The maximum atomic E-state index is 12.3. The first-order valence-corrected chi connectivity index (χ1v) is 4.75. The lowest BCUT2D eigenvalue weighted by atomic mass is 10.0. The predicted molar refractivity (Wildman–Crippen MR) is 53.5 cm³/mol. The number of phenolic OH excluding ortho intramolecular Hbond substituents is 1. The molecule has 14 heavy (non-hydrogen) atoms. The average molecular weight is 266 g/mol. The molecule has 0 spiro atoms. The van der Waals surface area contributed by atoms with Gasteiger partial charge in [0, 0.05) is 10.0 Å². The van der Waals surface area contributed by atoms with E-state index < -0.39 is 12.5 Å². The first kappa shape index (κ1) is 11.4. The highest BCUT2D eigenvalue weighted by Gasteiger charge is 2.21. The summed E-state index contributed by atoms with van der Waals surface area (Å²) >= 11 is 3.15. The van der Waals surface area contributed by atoms with Crippen molar-refractivity contribution in [2.75, 3.05) is 0 Å². The molecule has 0 saturated heterocycles. The van der Waals surface area contributed by atoms with Gasteiger partial charge >= 0.3 is 0 Å². The van der Waals surface area contributed by atoms with Crippen molar-refractivity contribution in [2.45, 2.75) is 19.4 Å². The van der Waals surface area contributed by atoms with E-state index in [1.54, 1.807) is 13.0 Å². The van der Waals surface area contributed by atoms with Crippen LogP contribution >= 0.6 is 15.9 Å². The molecule has 1 rings (SSSR count). The Morgan fingerprint density at radius 1 is 1.43 bits per heavy atom. The van der Waals surface area contributed by atoms with E-state index >= 15 is 0 Å². The highest BCUT2D eigenvalue weighted by atomic mass is 79.9. The molecular formula is C9H10BrF2NO. The van der Waals surface area contributed by atoms with Crippen molar-refractivity contribution >= 4 is 15.9 Å². The first-order valence-electron chi connectivity index (χ1n) is 3.96. The topological polar surface area (TPSA) is 46.2 Å². The standard InChI is InChI=1S/C9H10BrF2NO/c1-4-2-5(10)3-6(8(4)14)7(13)9(11)12/h2-3,7,9,14H,13H2,1H3/t7-/m1/s1. The van der Waals surface area contributed by atoms with Gasteiger partial charge in [-0.2, -0.15) is 0 Å². The lowest BCUT2D eigenvalue weighted by Crippen LogP contribution is -2.19. The maximum absolute atomic E-state index is 12.3. The normalized spacial score (nSPS) is 13.3. The molecule has 78 valence electrons. The minimum absolute atomic E-state index is 0.0619. The summed E-state index contributed by atoms with van der Waals surface area (Å²) in [5, 5.41) is 9.51. The Morgan fingerprint density at radius 2 is 2.00 bits per heavy atom. The molecule has 1 aromatic rings. The van der Waals surface area contributed by atoms with Crippen LogP contribution < -0.4 is 5.73 Å². The van der Waals surface area contributed by atoms with E-state index in [1.165, 1.54) is 6.07 Å². The summed E-state index contributed by atoms with van der Waals surface area (Å²) in [4.78, 5) is 0. The predicted octanol–water partition coefficient (Wildman–Crippen LogP) is 2.73. The number of rotatable bonds is 2. The Labute approximate surface area is 88.9 Å². The number of hydrogen-bond acceptors (Lipinski definition) is 2. The molecule has 0 aliphatic carbocycles. The number of aromatic hydroxyl groups is 1. The van der Waals surface area contributed by atoms with Gasteiger partial charge in [0.1, 0.15) is 5.75 Å². The Bertz CT molecular complexity index is 344. The van der Waals surface area contributed by atoms with Crippen LogP contribution in [0, 0.1) is 6.92 Å². The van der Waals surface area contributed by atoms with Crippen LogP contribution in [-0.2, 0) is 0 Å². The Hall–Kier alpha value is -0.680. The third-order valence-corrected chi connectivity index (χ3v) is 2.38. The van der Waals surface area contributed by atoms with Crippen molar-refractivity contribution in [1.82, 2.24) is 0 Å². The molecule has 2 nitrogen and oxygen atoms in total. The van der Waals surface area contributed by atoms with Gasteiger partial charge < -0.3 is 10.8 Å². The van der Waals surface area contributed by atoms with Crippen LogP contribution in [0.15, 0.2) is 16.6 Å². The van der Waals surface area contributed by atoms with Gasteiger partial charge in [-0.05, 0) is 24.6 Å². The largest absolute Gasteiger partial charge is 0.507 e. The molecule has 0 saturated carbocycles. The van der Waals surface area contributed by atoms with E-state index in [4.69, 9.17) is 5.73 Å². The molecule has 3 N–H and O–H groups in total. The molecule has 0 aliphatic rings. The summed E-state index contributed by atoms with van der Waals surface area (Å²) in [6, 6.07) is 1.59. The Morgan fingerprint density at radius 3 is 2.50 bits per heavy atom. The molecule has 0 aromatic heterocycles. The van der Waals surface area contributed by atoms with Crippen LogP contribution in [0.4, 0.5) is 8.78 Å². The molecule has 0 aliphatic heterocycles. The summed E-state index contributed by atoms with van der Waals surface area (Å²) in [7, 11) is 0. The van der Waals surface area contributed by atoms with Crippen molar-refractivity contribution in [3.63, 3.8) is 0 Å². The van der Waals surface area contributed by atoms with Gasteiger partial charge in [-0.15, -0.1) is 0 Å². The van der Waals surface area contributed by atoms with Crippen molar-refractivity contribution in [2.24, 2.45) is 5.73 Å². The second kappa shape index (κ2) is 4.23. The van der Waals surface area contributed by atoms with Gasteiger partial charge in [0.05, 0.1) is 6.04 Å². The molecule has 1 aromatic carbocycles. The average Bonchev–Trinajstić information content (AvgIpc) is 2.09. The number of phenols is 1. The fourth-order valence-corrected chi connectivity index (χ4v) is 1.74. The molecule has 0 amide bonds.